The molecule has 2 rings (SSSR count). The van der Waals surface area contributed by atoms with Gasteiger partial charge in [-0.2, -0.15) is 0 Å². The fraction of sp³-hybridized carbons (Fsp3) is 0.611. The number of hydrogen-bond donors (Lipinski definition) is 0. The summed E-state index contributed by atoms with van der Waals surface area (Å²) in [6.45, 7) is 9.37. The van der Waals surface area contributed by atoms with E-state index in [-0.39, 0.29) is 5.97 Å². The van der Waals surface area contributed by atoms with Crippen LogP contribution in [-0.2, 0) is 9.53 Å². The molecule has 3 heteroatoms. The highest BCUT2D eigenvalue weighted by atomic mass is 16.6. The summed E-state index contributed by atoms with van der Waals surface area (Å²) in [6, 6.07) is 10.8. The van der Waals surface area contributed by atoms with Crippen LogP contribution in [0.25, 0.3) is 0 Å². The second-order valence-electron chi connectivity index (χ2n) is 7.11. The van der Waals surface area contributed by atoms with E-state index in [1.54, 1.807) is 0 Å². The van der Waals surface area contributed by atoms with E-state index in [0.29, 0.717) is 18.5 Å². The lowest BCUT2D eigenvalue weighted by Crippen LogP contribution is -2.41. The molecule has 0 amide bonds. The van der Waals surface area contributed by atoms with Gasteiger partial charge in [0, 0.05) is 6.04 Å². The van der Waals surface area contributed by atoms with Crippen molar-refractivity contribution in [2.24, 2.45) is 5.92 Å². The minimum atomic E-state index is -0.414. The van der Waals surface area contributed by atoms with Crippen LogP contribution in [0.2, 0.25) is 0 Å². The molecule has 1 heterocycles. The van der Waals surface area contributed by atoms with E-state index in [1.807, 2.05) is 26.8 Å². The zero-order chi connectivity index (χ0) is 15.5. The van der Waals surface area contributed by atoms with E-state index < -0.39 is 5.60 Å². The van der Waals surface area contributed by atoms with Crippen molar-refractivity contribution in [3.63, 3.8) is 0 Å². The van der Waals surface area contributed by atoms with Crippen LogP contribution >= 0.6 is 0 Å². The molecule has 0 radical (unpaired) electrons. The zero-order valence-corrected chi connectivity index (χ0v) is 13.6. The molecule has 2 atom stereocenters. The molecule has 0 unspecified atom stereocenters. The first-order chi connectivity index (χ1) is 9.85. The normalized spacial score (nSPS) is 23.8. The number of piperidine rings is 1. The molecule has 116 valence electrons. The topological polar surface area (TPSA) is 29.5 Å². The number of carbonyl (C=O) groups excluding carboxylic acids is 1. The molecule has 1 aliphatic rings. The van der Waals surface area contributed by atoms with E-state index in [2.05, 4.69) is 36.1 Å². The average Bonchev–Trinajstić information content (AvgIpc) is 2.40. The summed E-state index contributed by atoms with van der Waals surface area (Å²) in [5.41, 5.74) is 0.884. The van der Waals surface area contributed by atoms with Gasteiger partial charge in [0.05, 0.1) is 6.54 Å². The highest BCUT2D eigenvalue weighted by molar-refractivity contribution is 5.72. The SMILES string of the molecule is C[C@H]1CCN(CC(=O)OC(C)(C)C)[C@@H](c2ccccc2)C1. The van der Waals surface area contributed by atoms with Crippen LogP contribution in [0.1, 0.15) is 52.1 Å². The molecule has 1 aliphatic heterocycles. The van der Waals surface area contributed by atoms with Gasteiger partial charge >= 0.3 is 5.97 Å². The minimum Gasteiger partial charge on any atom is -0.459 e. The molecule has 0 bridgehead atoms. The Bertz CT molecular complexity index is 464. The van der Waals surface area contributed by atoms with Crippen LogP contribution < -0.4 is 0 Å². The van der Waals surface area contributed by atoms with E-state index in [4.69, 9.17) is 4.74 Å². The summed E-state index contributed by atoms with van der Waals surface area (Å²) in [7, 11) is 0. The third kappa shape index (κ3) is 4.85. The number of carbonyl (C=O) groups is 1. The second-order valence-corrected chi connectivity index (χ2v) is 7.11. The lowest BCUT2D eigenvalue weighted by molar-refractivity contribution is -0.157. The van der Waals surface area contributed by atoms with Crippen LogP contribution in [0.4, 0.5) is 0 Å². The quantitative estimate of drug-likeness (QED) is 0.793. The molecule has 3 nitrogen and oxygen atoms in total. The third-order valence-corrected chi connectivity index (χ3v) is 3.91. The van der Waals surface area contributed by atoms with Gasteiger partial charge in [-0.05, 0) is 51.6 Å². The third-order valence-electron chi connectivity index (χ3n) is 3.91. The van der Waals surface area contributed by atoms with Crippen molar-refractivity contribution in [1.29, 1.82) is 0 Å². The number of esters is 1. The Labute approximate surface area is 128 Å². The Morgan fingerprint density at radius 3 is 2.57 bits per heavy atom. The molecule has 21 heavy (non-hydrogen) atoms. The van der Waals surface area contributed by atoms with Gasteiger partial charge < -0.3 is 4.74 Å². The first kappa shape index (κ1) is 16.0. The summed E-state index contributed by atoms with van der Waals surface area (Å²) in [5, 5.41) is 0. The van der Waals surface area contributed by atoms with Gasteiger partial charge in [0.15, 0.2) is 0 Å². The van der Waals surface area contributed by atoms with Crippen LogP contribution in [0.3, 0.4) is 0 Å². The minimum absolute atomic E-state index is 0.127. The number of rotatable bonds is 3. The molecule has 0 spiro atoms. The van der Waals surface area contributed by atoms with Crippen molar-refractivity contribution < 1.29 is 9.53 Å². The van der Waals surface area contributed by atoms with Crippen LogP contribution in [0.15, 0.2) is 30.3 Å². The number of benzene rings is 1. The molecule has 0 aromatic heterocycles. The Morgan fingerprint density at radius 1 is 1.29 bits per heavy atom. The van der Waals surface area contributed by atoms with Gasteiger partial charge in [-0.15, -0.1) is 0 Å². The highest BCUT2D eigenvalue weighted by Gasteiger charge is 2.30. The second kappa shape index (κ2) is 6.61. The fourth-order valence-electron chi connectivity index (χ4n) is 2.94. The standard InChI is InChI=1S/C18H27NO2/c1-14-10-11-19(13-17(20)21-18(2,3)4)16(12-14)15-8-6-5-7-9-15/h5-9,14,16H,10-13H2,1-4H3/t14-,16+/m0/s1. The Hall–Kier alpha value is -1.35. The van der Waals surface area contributed by atoms with Crippen molar-refractivity contribution in [3.8, 4) is 0 Å². The molecule has 1 saturated heterocycles. The van der Waals surface area contributed by atoms with Crippen LogP contribution in [0.5, 0.6) is 0 Å². The maximum Gasteiger partial charge on any atom is 0.320 e. The number of ether oxygens (including phenoxy) is 1. The molecule has 0 saturated carbocycles. The fourth-order valence-corrected chi connectivity index (χ4v) is 2.94. The van der Waals surface area contributed by atoms with Crippen LogP contribution in [-0.4, -0.2) is 29.6 Å². The summed E-state index contributed by atoms with van der Waals surface area (Å²) >= 11 is 0. The summed E-state index contributed by atoms with van der Waals surface area (Å²) in [4.78, 5) is 14.4. The highest BCUT2D eigenvalue weighted by Crippen LogP contribution is 2.33. The van der Waals surface area contributed by atoms with Crippen molar-refractivity contribution >= 4 is 5.97 Å². The molecule has 1 aromatic carbocycles. The lowest BCUT2D eigenvalue weighted by Gasteiger charge is -2.38. The average molecular weight is 289 g/mol. The van der Waals surface area contributed by atoms with Gasteiger partial charge in [-0.25, -0.2) is 0 Å². The molecule has 1 fully saturated rings. The molecular weight excluding hydrogens is 262 g/mol. The van der Waals surface area contributed by atoms with Crippen molar-refractivity contribution in [3.05, 3.63) is 35.9 Å². The van der Waals surface area contributed by atoms with Gasteiger partial charge in [0.25, 0.3) is 0 Å². The molecule has 1 aromatic rings. The summed E-state index contributed by atoms with van der Waals surface area (Å²) < 4.78 is 5.47. The molecular formula is C18H27NO2. The maximum absolute atomic E-state index is 12.1. The predicted octanol–water partition coefficient (Wildman–Crippen LogP) is 3.80. The van der Waals surface area contributed by atoms with Gasteiger partial charge in [0.2, 0.25) is 0 Å². The monoisotopic (exact) mass is 289 g/mol. The van der Waals surface area contributed by atoms with Crippen molar-refractivity contribution in [2.45, 2.75) is 52.2 Å². The van der Waals surface area contributed by atoms with E-state index in [0.717, 1.165) is 19.4 Å². The van der Waals surface area contributed by atoms with E-state index in [1.165, 1.54) is 5.56 Å². The first-order valence-electron chi connectivity index (χ1n) is 7.86. The number of nitrogens with zero attached hydrogens (tertiary/aromatic N) is 1. The smallest absolute Gasteiger partial charge is 0.320 e. The van der Waals surface area contributed by atoms with Gasteiger partial charge in [-0.3, -0.25) is 9.69 Å². The van der Waals surface area contributed by atoms with Crippen molar-refractivity contribution in [2.75, 3.05) is 13.1 Å². The molecule has 0 N–H and O–H groups in total. The zero-order valence-electron chi connectivity index (χ0n) is 13.6. The maximum atomic E-state index is 12.1. The van der Waals surface area contributed by atoms with E-state index >= 15 is 0 Å². The number of likely N-dealkylation sites (tertiary alicyclic amines) is 1. The van der Waals surface area contributed by atoms with Crippen molar-refractivity contribution in [1.82, 2.24) is 4.90 Å². The first-order valence-corrected chi connectivity index (χ1v) is 7.86. The van der Waals surface area contributed by atoms with Gasteiger partial charge in [0.1, 0.15) is 5.60 Å². The Balaban J connectivity index is 2.07. The van der Waals surface area contributed by atoms with Crippen LogP contribution in [0, 0.1) is 5.92 Å². The number of hydrogen-bond acceptors (Lipinski definition) is 3. The lowest BCUT2D eigenvalue weighted by atomic mass is 9.88. The summed E-state index contributed by atoms with van der Waals surface area (Å²) in [5.74, 6) is 0.572. The predicted molar refractivity (Wildman–Crippen MR) is 85.0 cm³/mol. The Kier molecular flexibility index (Phi) is 5.04. The summed E-state index contributed by atoms with van der Waals surface area (Å²) in [6.07, 6.45) is 2.25. The molecule has 0 aliphatic carbocycles. The Morgan fingerprint density at radius 2 is 1.95 bits per heavy atom. The van der Waals surface area contributed by atoms with Gasteiger partial charge in [-0.1, -0.05) is 37.3 Å². The van der Waals surface area contributed by atoms with E-state index in [9.17, 15) is 4.79 Å². The largest absolute Gasteiger partial charge is 0.459 e.